The van der Waals surface area contributed by atoms with Crippen molar-refractivity contribution in [3.8, 4) is 22.2 Å². The van der Waals surface area contributed by atoms with Crippen LogP contribution in [0, 0.1) is 12.7 Å². The number of ether oxygens (including phenoxy) is 3. The third kappa shape index (κ3) is 6.34. The van der Waals surface area contributed by atoms with Gasteiger partial charge in [0.15, 0.2) is 11.6 Å². The predicted molar refractivity (Wildman–Crippen MR) is 154 cm³/mol. The highest BCUT2D eigenvalue weighted by Gasteiger charge is 2.19. The minimum Gasteiger partial charge on any atom is -0.487 e. The molecular formula is C29H28FN5O5S. The normalized spacial score (nSPS) is 12.4. The summed E-state index contributed by atoms with van der Waals surface area (Å²) in [4.78, 5) is 30.0. The number of carbonyl (C=O) groups is 1. The zero-order valence-corrected chi connectivity index (χ0v) is 23.9. The first-order valence-electron chi connectivity index (χ1n) is 12.7. The van der Waals surface area contributed by atoms with Gasteiger partial charge in [0.2, 0.25) is 5.88 Å². The van der Waals surface area contributed by atoms with Crippen molar-refractivity contribution in [3.63, 3.8) is 0 Å². The molecule has 2 aromatic carbocycles. The molecule has 0 radical (unpaired) electrons. The molecule has 0 aliphatic rings. The molecule has 0 aliphatic heterocycles. The molecule has 3 heterocycles. The van der Waals surface area contributed by atoms with Gasteiger partial charge in [-0.2, -0.15) is 0 Å². The molecule has 41 heavy (non-hydrogen) atoms. The SMILES string of the molecule is COc1cnc2c(-c3nc4cc(F)c(OC[C@@H](C)OC(=O)Nc5ccc(C(C)(C)O)nc5)cc4s3)cc(C)cc2n1. The second kappa shape index (κ2) is 11.2. The molecule has 0 fully saturated rings. The fourth-order valence-electron chi connectivity index (χ4n) is 4.07. The van der Waals surface area contributed by atoms with E-state index in [-0.39, 0.29) is 12.4 Å². The monoisotopic (exact) mass is 577 g/mol. The minimum absolute atomic E-state index is 0.0218. The van der Waals surface area contributed by atoms with Gasteiger partial charge in [-0.05, 0) is 57.5 Å². The maximum Gasteiger partial charge on any atom is 0.412 e. The number of hydrogen-bond acceptors (Lipinski definition) is 10. The fourth-order valence-corrected chi connectivity index (χ4v) is 5.06. The fraction of sp³-hybridized carbons (Fsp3) is 0.276. The van der Waals surface area contributed by atoms with Crippen LogP contribution in [0.15, 0.2) is 48.8 Å². The number of aryl methyl sites for hydroxylation is 1. The van der Waals surface area contributed by atoms with Crippen molar-refractivity contribution in [2.45, 2.75) is 39.4 Å². The molecular weight excluding hydrogens is 549 g/mol. The molecule has 0 unspecified atom stereocenters. The van der Waals surface area contributed by atoms with Crippen molar-refractivity contribution in [2.24, 2.45) is 0 Å². The largest absolute Gasteiger partial charge is 0.487 e. The molecule has 0 bridgehead atoms. The summed E-state index contributed by atoms with van der Waals surface area (Å²) in [6.45, 7) is 6.75. The van der Waals surface area contributed by atoms with E-state index in [1.165, 1.54) is 30.7 Å². The average molecular weight is 578 g/mol. The molecule has 3 aromatic heterocycles. The van der Waals surface area contributed by atoms with E-state index in [9.17, 15) is 14.3 Å². The van der Waals surface area contributed by atoms with Crippen LogP contribution in [0.25, 0.3) is 31.8 Å². The van der Waals surface area contributed by atoms with E-state index in [4.69, 9.17) is 14.2 Å². The molecule has 0 aliphatic carbocycles. The topological polar surface area (TPSA) is 129 Å². The number of methoxy groups -OCH3 is 1. The number of nitrogens with zero attached hydrogens (tertiary/aromatic N) is 4. The Bertz CT molecular complexity index is 1740. The molecule has 0 saturated carbocycles. The van der Waals surface area contributed by atoms with Crippen LogP contribution in [0.4, 0.5) is 14.9 Å². The number of halogens is 1. The molecule has 5 rings (SSSR count). The van der Waals surface area contributed by atoms with Gasteiger partial charge < -0.3 is 19.3 Å². The average Bonchev–Trinajstić information content (AvgIpc) is 3.33. The number of carbonyl (C=O) groups excluding carboxylic acids is 1. The van der Waals surface area contributed by atoms with Crippen molar-refractivity contribution in [2.75, 3.05) is 19.0 Å². The van der Waals surface area contributed by atoms with Crippen LogP contribution in [0.3, 0.4) is 0 Å². The smallest absolute Gasteiger partial charge is 0.412 e. The van der Waals surface area contributed by atoms with Crippen molar-refractivity contribution in [3.05, 3.63) is 65.9 Å². The van der Waals surface area contributed by atoms with E-state index in [1.807, 2.05) is 19.1 Å². The number of aromatic nitrogens is 4. The molecule has 212 valence electrons. The number of nitrogens with one attached hydrogen (secondary N) is 1. The number of benzene rings is 2. The Morgan fingerprint density at radius 2 is 1.93 bits per heavy atom. The van der Waals surface area contributed by atoms with Crippen molar-refractivity contribution >= 4 is 44.4 Å². The number of hydrogen-bond donors (Lipinski definition) is 2. The Labute approximate surface area is 239 Å². The maximum atomic E-state index is 14.9. The lowest BCUT2D eigenvalue weighted by molar-refractivity contribution is 0.0739. The molecule has 12 heteroatoms. The van der Waals surface area contributed by atoms with Crippen LogP contribution in [-0.2, 0) is 10.3 Å². The summed E-state index contributed by atoms with van der Waals surface area (Å²) in [6.07, 6.45) is 1.58. The summed E-state index contributed by atoms with van der Waals surface area (Å²) in [5, 5.41) is 13.2. The highest BCUT2D eigenvalue weighted by molar-refractivity contribution is 7.21. The number of thiazole rings is 1. The Kier molecular flexibility index (Phi) is 7.70. The highest BCUT2D eigenvalue weighted by atomic mass is 32.1. The van der Waals surface area contributed by atoms with Gasteiger partial charge in [0, 0.05) is 17.7 Å². The van der Waals surface area contributed by atoms with Crippen molar-refractivity contribution in [1.29, 1.82) is 0 Å². The van der Waals surface area contributed by atoms with Gasteiger partial charge in [-0.1, -0.05) is 0 Å². The highest BCUT2D eigenvalue weighted by Crippen LogP contribution is 2.37. The first-order valence-corrected chi connectivity index (χ1v) is 13.5. The van der Waals surface area contributed by atoms with Crippen LogP contribution in [0.1, 0.15) is 32.0 Å². The summed E-state index contributed by atoms with van der Waals surface area (Å²) in [7, 11) is 1.54. The Morgan fingerprint density at radius 3 is 2.63 bits per heavy atom. The van der Waals surface area contributed by atoms with Gasteiger partial charge in [0.25, 0.3) is 0 Å². The number of fused-ring (bicyclic) bond motifs is 2. The van der Waals surface area contributed by atoms with Gasteiger partial charge in [0.05, 0.1) is 52.1 Å². The first kappa shape index (κ1) is 28.1. The summed E-state index contributed by atoms with van der Waals surface area (Å²) < 4.78 is 31.8. The summed E-state index contributed by atoms with van der Waals surface area (Å²) in [6, 6.07) is 10.0. The third-order valence-electron chi connectivity index (χ3n) is 6.07. The van der Waals surface area contributed by atoms with Gasteiger partial charge in [0.1, 0.15) is 23.3 Å². The zero-order valence-electron chi connectivity index (χ0n) is 23.1. The van der Waals surface area contributed by atoms with Gasteiger partial charge >= 0.3 is 6.09 Å². The van der Waals surface area contributed by atoms with Crippen LogP contribution in [0.2, 0.25) is 0 Å². The number of anilines is 1. The van der Waals surface area contributed by atoms with Gasteiger partial charge in [-0.3, -0.25) is 10.3 Å². The number of amides is 1. The molecule has 1 atom stereocenters. The van der Waals surface area contributed by atoms with Crippen LogP contribution in [-0.4, -0.2) is 51.0 Å². The molecule has 1 amide bonds. The first-order chi connectivity index (χ1) is 19.5. The van der Waals surface area contributed by atoms with Crippen molar-refractivity contribution in [1.82, 2.24) is 19.9 Å². The van der Waals surface area contributed by atoms with E-state index < -0.39 is 23.6 Å². The zero-order chi connectivity index (χ0) is 29.3. The summed E-state index contributed by atoms with van der Waals surface area (Å²) in [5.74, 6) is -0.146. The third-order valence-corrected chi connectivity index (χ3v) is 7.12. The van der Waals surface area contributed by atoms with E-state index in [0.29, 0.717) is 38.8 Å². The quantitative estimate of drug-likeness (QED) is 0.228. The molecule has 5 aromatic rings. The lowest BCUT2D eigenvalue weighted by atomic mass is 10.1. The Morgan fingerprint density at radius 1 is 1.12 bits per heavy atom. The lowest BCUT2D eigenvalue weighted by Gasteiger charge is -2.17. The van der Waals surface area contributed by atoms with Crippen LogP contribution in [0.5, 0.6) is 11.6 Å². The second-order valence-corrected chi connectivity index (χ2v) is 11.0. The standard InChI is InChI=1S/C29H28FN5O5S/c1-15-8-18(26-21(9-15)34-25(38-5)13-32-26)27-35-20-10-19(30)22(11-23(20)41-27)39-14-16(2)40-28(36)33-17-6-7-24(31-12-17)29(3,4)37/h6-13,16,37H,14H2,1-5H3,(H,33,36)/t16-/m1/s1. The molecule has 10 nitrogen and oxygen atoms in total. The summed E-state index contributed by atoms with van der Waals surface area (Å²) >= 11 is 1.38. The van der Waals surface area contributed by atoms with Crippen molar-refractivity contribution < 1.29 is 28.5 Å². The maximum absolute atomic E-state index is 14.9. The van der Waals surface area contributed by atoms with Gasteiger partial charge in [-0.25, -0.2) is 24.1 Å². The van der Waals surface area contributed by atoms with Gasteiger partial charge in [-0.15, -0.1) is 11.3 Å². The predicted octanol–water partition coefficient (Wildman–Crippen LogP) is 6.00. The van der Waals surface area contributed by atoms with E-state index in [1.54, 1.807) is 45.2 Å². The molecule has 0 spiro atoms. The molecule has 0 saturated heterocycles. The van der Waals surface area contributed by atoms with Crippen LogP contribution < -0.4 is 14.8 Å². The number of pyridine rings is 1. The number of aliphatic hydroxyl groups is 1. The minimum atomic E-state index is -1.10. The molecule has 2 N–H and O–H groups in total. The second-order valence-electron chi connectivity index (χ2n) is 10.0. The summed E-state index contributed by atoms with van der Waals surface area (Å²) in [5.41, 5.74) is 3.37. The van der Waals surface area contributed by atoms with E-state index in [2.05, 4.69) is 25.3 Å². The Hall–Kier alpha value is -4.42. The Balaban J connectivity index is 1.27. The van der Waals surface area contributed by atoms with E-state index in [0.717, 1.165) is 15.8 Å². The van der Waals surface area contributed by atoms with E-state index >= 15 is 0 Å². The lowest BCUT2D eigenvalue weighted by Crippen LogP contribution is -2.25. The van der Waals surface area contributed by atoms with Crippen LogP contribution >= 0.6 is 11.3 Å². The number of rotatable bonds is 8.